The number of aryl methyl sites for hydroxylation is 3. The molecule has 0 saturated carbocycles. The van der Waals surface area contributed by atoms with Gasteiger partial charge in [0.1, 0.15) is 18.2 Å². The summed E-state index contributed by atoms with van der Waals surface area (Å²) in [5.74, 6) is 1.03. The van der Waals surface area contributed by atoms with Crippen molar-refractivity contribution in [3.05, 3.63) is 56.0 Å². The number of imidazole rings is 1. The third kappa shape index (κ3) is 3.92. The van der Waals surface area contributed by atoms with Gasteiger partial charge >= 0.3 is 5.69 Å². The number of aliphatic hydroxyl groups excluding tert-OH is 1. The Balaban J connectivity index is 2.31. The van der Waals surface area contributed by atoms with E-state index >= 15 is 0 Å². The maximum absolute atomic E-state index is 13.5. The van der Waals surface area contributed by atoms with E-state index in [0.29, 0.717) is 35.8 Å². The van der Waals surface area contributed by atoms with E-state index in [0.717, 1.165) is 30.4 Å². The van der Waals surface area contributed by atoms with E-state index < -0.39 is 11.2 Å². The summed E-state index contributed by atoms with van der Waals surface area (Å²) in [5.41, 5.74) is 1.71. The third-order valence-corrected chi connectivity index (χ3v) is 5.28. The van der Waals surface area contributed by atoms with Crippen LogP contribution in [0.2, 0.25) is 0 Å². The van der Waals surface area contributed by atoms with Crippen LogP contribution in [0.15, 0.2) is 27.8 Å². The van der Waals surface area contributed by atoms with E-state index in [1.54, 1.807) is 16.2 Å². The Bertz CT molecular complexity index is 1160. The SMILES string of the molecule is CCCCn1c(=O)n(Cc2cc(C)ccc2OC)c(=O)c2c1nc(CO)n2CCC. The lowest BCUT2D eigenvalue weighted by Gasteiger charge is -2.14. The fourth-order valence-electron chi connectivity index (χ4n) is 3.78. The number of rotatable bonds is 9. The van der Waals surface area contributed by atoms with Crippen molar-refractivity contribution in [2.45, 2.75) is 66.3 Å². The topological polar surface area (TPSA) is 91.3 Å². The van der Waals surface area contributed by atoms with E-state index in [-0.39, 0.29) is 13.2 Å². The molecule has 162 valence electrons. The molecular weight excluding hydrogens is 384 g/mol. The van der Waals surface area contributed by atoms with Gasteiger partial charge in [0.25, 0.3) is 5.56 Å². The van der Waals surface area contributed by atoms with E-state index in [1.807, 2.05) is 39.0 Å². The average molecular weight is 415 g/mol. The molecule has 1 N–H and O–H groups in total. The van der Waals surface area contributed by atoms with E-state index in [4.69, 9.17) is 4.74 Å². The molecule has 0 radical (unpaired) electrons. The molecule has 0 saturated heterocycles. The van der Waals surface area contributed by atoms with Crippen LogP contribution in [0.4, 0.5) is 0 Å². The maximum Gasteiger partial charge on any atom is 0.333 e. The lowest BCUT2D eigenvalue weighted by molar-refractivity contribution is 0.265. The molecule has 0 unspecified atom stereocenters. The van der Waals surface area contributed by atoms with Gasteiger partial charge in [0, 0.05) is 18.7 Å². The minimum atomic E-state index is -0.396. The van der Waals surface area contributed by atoms with Crippen LogP contribution in [-0.2, 0) is 26.2 Å². The Labute approximate surface area is 175 Å². The Morgan fingerprint density at radius 1 is 1.07 bits per heavy atom. The second-order valence-corrected chi connectivity index (χ2v) is 7.50. The Kier molecular flexibility index (Phi) is 6.77. The van der Waals surface area contributed by atoms with Crippen LogP contribution in [0.25, 0.3) is 11.2 Å². The number of unbranched alkanes of at least 4 members (excludes halogenated alkanes) is 1. The molecule has 0 aliphatic rings. The van der Waals surface area contributed by atoms with Crippen molar-refractivity contribution in [3.8, 4) is 5.75 Å². The van der Waals surface area contributed by atoms with Crippen molar-refractivity contribution >= 4 is 11.2 Å². The molecular formula is C22H30N4O4. The standard InChI is InChI=1S/C22H30N4O4/c1-5-7-11-25-20-19(24(10-6-2)18(14-27)23-20)21(28)26(22(25)29)13-16-12-15(3)8-9-17(16)30-4/h8-9,12,27H,5-7,10-11,13-14H2,1-4H3. The number of fused-ring (bicyclic) bond motifs is 1. The molecule has 1 aromatic carbocycles. The average Bonchev–Trinajstić information content (AvgIpc) is 3.10. The summed E-state index contributed by atoms with van der Waals surface area (Å²) < 4.78 is 10.0. The van der Waals surface area contributed by atoms with Gasteiger partial charge in [-0.2, -0.15) is 0 Å². The van der Waals surface area contributed by atoms with Crippen molar-refractivity contribution in [1.82, 2.24) is 18.7 Å². The number of aliphatic hydroxyl groups is 1. The number of aromatic nitrogens is 4. The first-order chi connectivity index (χ1) is 14.5. The van der Waals surface area contributed by atoms with Gasteiger partial charge in [0.15, 0.2) is 11.2 Å². The number of ether oxygens (including phenoxy) is 1. The molecule has 2 heterocycles. The number of hydrogen-bond donors (Lipinski definition) is 1. The Morgan fingerprint density at radius 2 is 1.83 bits per heavy atom. The summed E-state index contributed by atoms with van der Waals surface area (Å²) in [7, 11) is 1.57. The summed E-state index contributed by atoms with van der Waals surface area (Å²) >= 11 is 0. The zero-order valence-corrected chi connectivity index (χ0v) is 18.1. The van der Waals surface area contributed by atoms with Crippen LogP contribution in [0.3, 0.4) is 0 Å². The first-order valence-corrected chi connectivity index (χ1v) is 10.4. The highest BCUT2D eigenvalue weighted by atomic mass is 16.5. The fourth-order valence-corrected chi connectivity index (χ4v) is 3.78. The molecule has 0 atom stereocenters. The molecule has 0 aliphatic heterocycles. The lowest BCUT2D eigenvalue weighted by atomic mass is 10.1. The summed E-state index contributed by atoms with van der Waals surface area (Å²) in [6.07, 6.45) is 2.47. The molecule has 8 nitrogen and oxygen atoms in total. The summed E-state index contributed by atoms with van der Waals surface area (Å²) in [6.45, 7) is 6.82. The highest BCUT2D eigenvalue weighted by molar-refractivity contribution is 5.71. The predicted octanol–water partition coefficient (Wildman–Crippen LogP) is 2.43. The van der Waals surface area contributed by atoms with E-state index in [2.05, 4.69) is 4.98 Å². The van der Waals surface area contributed by atoms with E-state index in [9.17, 15) is 14.7 Å². The van der Waals surface area contributed by atoms with Gasteiger partial charge in [-0.05, 0) is 25.8 Å². The van der Waals surface area contributed by atoms with Gasteiger partial charge in [0.2, 0.25) is 0 Å². The molecule has 3 rings (SSSR count). The van der Waals surface area contributed by atoms with Crippen LogP contribution in [-0.4, -0.2) is 30.9 Å². The molecule has 0 spiro atoms. The molecule has 3 aromatic rings. The number of nitrogens with zero attached hydrogens (tertiary/aromatic N) is 4. The molecule has 0 bridgehead atoms. The quantitative estimate of drug-likeness (QED) is 0.581. The van der Waals surface area contributed by atoms with Crippen molar-refractivity contribution in [1.29, 1.82) is 0 Å². The molecule has 0 amide bonds. The number of methoxy groups -OCH3 is 1. The second kappa shape index (κ2) is 9.30. The van der Waals surface area contributed by atoms with E-state index in [1.165, 1.54) is 4.57 Å². The van der Waals surface area contributed by atoms with Crippen LogP contribution in [0.1, 0.15) is 50.1 Å². The van der Waals surface area contributed by atoms with Crippen LogP contribution < -0.4 is 16.0 Å². The van der Waals surface area contributed by atoms with Gasteiger partial charge in [-0.15, -0.1) is 0 Å². The highest BCUT2D eigenvalue weighted by Crippen LogP contribution is 2.20. The zero-order valence-electron chi connectivity index (χ0n) is 18.1. The minimum Gasteiger partial charge on any atom is -0.496 e. The summed E-state index contributed by atoms with van der Waals surface area (Å²) in [6, 6.07) is 5.69. The van der Waals surface area contributed by atoms with Gasteiger partial charge in [-0.25, -0.2) is 9.78 Å². The van der Waals surface area contributed by atoms with Gasteiger partial charge < -0.3 is 14.4 Å². The molecule has 0 fully saturated rings. The van der Waals surface area contributed by atoms with Crippen LogP contribution in [0, 0.1) is 6.92 Å². The third-order valence-electron chi connectivity index (χ3n) is 5.28. The smallest absolute Gasteiger partial charge is 0.333 e. The fraction of sp³-hybridized carbons (Fsp3) is 0.500. The minimum absolute atomic E-state index is 0.107. The predicted molar refractivity (Wildman–Crippen MR) is 116 cm³/mol. The van der Waals surface area contributed by atoms with Crippen molar-refractivity contribution in [3.63, 3.8) is 0 Å². The van der Waals surface area contributed by atoms with Crippen LogP contribution in [0.5, 0.6) is 5.75 Å². The maximum atomic E-state index is 13.5. The Hall–Kier alpha value is -2.87. The molecule has 8 heteroatoms. The molecule has 30 heavy (non-hydrogen) atoms. The normalized spacial score (nSPS) is 11.4. The first kappa shape index (κ1) is 21.8. The molecule has 0 aliphatic carbocycles. The van der Waals surface area contributed by atoms with Gasteiger partial charge in [0.05, 0.1) is 13.7 Å². The largest absolute Gasteiger partial charge is 0.496 e. The van der Waals surface area contributed by atoms with Crippen molar-refractivity contribution in [2.24, 2.45) is 0 Å². The number of benzene rings is 1. The second-order valence-electron chi connectivity index (χ2n) is 7.50. The van der Waals surface area contributed by atoms with Gasteiger partial charge in [-0.3, -0.25) is 13.9 Å². The number of hydrogen-bond acceptors (Lipinski definition) is 5. The Morgan fingerprint density at radius 3 is 2.47 bits per heavy atom. The van der Waals surface area contributed by atoms with Crippen molar-refractivity contribution < 1.29 is 9.84 Å². The first-order valence-electron chi connectivity index (χ1n) is 10.4. The monoisotopic (exact) mass is 414 g/mol. The van der Waals surface area contributed by atoms with Gasteiger partial charge in [-0.1, -0.05) is 38.0 Å². The summed E-state index contributed by atoms with van der Waals surface area (Å²) in [5, 5.41) is 9.78. The summed E-state index contributed by atoms with van der Waals surface area (Å²) in [4.78, 5) is 31.3. The zero-order chi connectivity index (χ0) is 21.8. The van der Waals surface area contributed by atoms with Crippen LogP contribution >= 0.6 is 0 Å². The highest BCUT2D eigenvalue weighted by Gasteiger charge is 2.21. The van der Waals surface area contributed by atoms with Crippen molar-refractivity contribution in [2.75, 3.05) is 7.11 Å². The molecule has 2 aromatic heterocycles. The lowest BCUT2D eigenvalue weighted by Crippen LogP contribution is -2.41.